The van der Waals surface area contributed by atoms with Crippen LogP contribution < -0.4 is 11.2 Å². The van der Waals surface area contributed by atoms with Crippen molar-refractivity contribution in [1.82, 2.24) is 25.1 Å². The van der Waals surface area contributed by atoms with Gasteiger partial charge < -0.3 is 11.2 Å². The molecule has 0 aliphatic rings. The normalized spacial score (nSPS) is 10.9. The van der Waals surface area contributed by atoms with E-state index >= 15 is 0 Å². The van der Waals surface area contributed by atoms with Crippen molar-refractivity contribution in [3.05, 3.63) is 66.0 Å². The highest BCUT2D eigenvalue weighted by Gasteiger charge is 2.16. The van der Waals surface area contributed by atoms with Gasteiger partial charge in [0, 0.05) is 17.3 Å². The van der Waals surface area contributed by atoms with Gasteiger partial charge in [0.05, 0.1) is 11.4 Å². The minimum absolute atomic E-state index is 0.0852. The highest BCUT2D eigenvalue weighted by molar-refractivity contribution is 7.99. The summed E-state index contributed by atoms with van der Waals surface area (Å²) in [5.74, 6) is 3.36. The van der Waals surface area contributed by atoms with E-state index in [2.05, 4.69) is 25.7 Å². The average Bonchev–Trinajstić information content (AvgIpc) is 3.36. The Morgan fingerprint density at radius 3 is 2.58 bits per heavy atom. The molecule has 2 aromatic carbocycles. The van der Waals surface area contributed by atoms with Crippen molar-refractivity contribution in [3.63, 3.8) is 0 Å². The number of thioether (sulfide) groups is 1. The SMILES string of the molecule is Nn1c(SCC(=O)Nc2ccc(F)c(F)c2)nnc1-c1cc(-c2ccc(F)cc2)n[nH]1. The van der Waals surface area contributed by atoms with Crippen LogP contribution in [0.5, 0.6) is 0 Å². The van der Waals surface area contributed by atoms with Gasteiger partial charge in [-0.3, -0.25) is 9.89 Å². The fraction of sp³-hybridized carbons (Fsp3) is 0.0526. The third-order valence-electron chi connectivity index (χ3n) is 4.16. The van der Waals surface area contributed by atoms with Crippen molar-refractivity contribution in [1.29, 1.82) is 0 Å². The third-order valence-corrected chi connectivity index (χ3v) is 5.10. The molecule has 4 N–H and O–H groups in total. The topological polar surface area (TPSA) is 115 Å². The molecule has 0 unspecified atom stereocenters. The number of halogens is 3. The average molecular weight is 445 g/mol. The van der Waals surface area contributed by atoms with E-state index in [0.717, 1.165) is 23.9 Å². The van der Waals surface area contributed by atoms with Gasteiger partial charge in [-0.15, -0.1) is 10.2 Å². The van der Waals surface area contributed by atoms with Crippen LogP contribution in [0.1, 0.15) is 0 Å². The first-order valence-corrected chi connectivity index (χ1v) is 9.79. The number of benzene rings is 2. The number of carbonyl (C=O) groups excluding carboxylic acids is 1. The molecule has 1 amide bonds. The molecule has 0 aliphatic carbocycles. The van der Waals surface area contributed by atoms with Crippen LogP contribution in [-0.4, -0.2) is 36.7 Å². The first-order valence-electron chi connectivity index (χ1n) is 8.80. The molecule has 4 rings (SSSR count). The van der Waals surface area contributed by atoms with Crippen molar-refractivity contribution >= 4 is 23.4 Å². The Kier molecular flexibility index (Phi) is 5.62. The van der Waals surface area contributed by atoms with E-state index in [1.807, 2.05) is 0 Å². The number of nitrogens with zero attached hydrogens (tertiary/aromatic N) is 4. The van der Waals surface area contributed by atoms with E-state index in [4.69, 9.17) is 5.84 Å². The summed E-state index contributed by atoms with van der Waals surface area (Å²) in [6.45, 7) is 0. The maximum atomic E-state index is 13.2. The van der Waals surface area contributed by atoms with E-state index in [1.54, 1.807) is 18.2 Å². The van der Waals surface area contributed by atoms with E-state index in [1.165, 1.54) is 22.9 Å². The Morgan fingerprint density at radius 2 is 1.84 bits per heavy atom. The number of hydrogen-bond acceptors (Lipinski definition) is 6. The molecule has 0 atom stereocenters. The van der Waals surface area contributed by atoms with Gasteiger partial charge in [0.15, 0.2) is 11.6 Å². The van der Waals surface area contributed by atoms with Crippen LogP contribution in [0.25, 0.3) is 22.8 Å². The van der Waals surface area contributed by atoms with Crippen molar-refractivity contribution in [2.75, 3.05) is 16.9 Å². The lowest BCUT2D eigenvalue weighted by molar-refractivity contribution is -0.113. The van der Waals surface area contributed by atoms with Crippen molar-refractivity contribution in [2.45, 2.75) is 5.16 Å². The number of aromatic nitrogens is 5. The van der Waals surface area contributed by atoms with Crippen molar-refractivity contribution < 1.29 is 18.0 Å². The van der Waals surface area contributed by atoms with Gasteiger partial charge in [0.1, 0.15) is 11.5 Å². The van der Waals surface area contributed by atoms with Crippen LogP contribution in [0, 0.1) is 17.5 Å². The van der Waals surface area contributed by atoms with Gasteiger partial charge in [-0.1, -0.05) is 11.8 Å². The molecule has 4 aromatic rings. The van der Waals surface area contributed by atoms with Gasteiger partial charge in [-0.05, 0) is 42.5 Å². The van der Waals surface area contributed by atoms with E-state index in [-0.39, 0.29) is 28.2 Å². The van der Waals surface area contributed by atoms with Crippen LogP contribution in [0.15, 0.2) is 53.7 Å². The first kappa shape index (κ1) is 20.5. The Labute approximate surface area is 177 Å². The highest BCUT2D eigenvalue weighted by atomic mass is 32.2. The lowest BCUT2D eigenvalue weighted by Crippen LogP contribution is -2.16. The monoisotopic (exact) mass is 445 g/mol. The molecule has 0 bridgehead atoms. The molecule has 2 heterocycles. The van der Waals surface area contributed by atoms with Crippen LogP contribution >= 0.6 is 11.8 Å². The predicted molar refractivity (Wildman–Crippen MR) is 109 cm³/mol. The number of nitrogens with one attached hydrogen (secondary N) is 2. The van der Waals surface area contributed by atoms with Crippen LogP contribution in [0.4, 0.5) is 18.9 Å². The van der Waals surface area contributed by atoms with E-state index in [0.29, 0.717) is 17.0 Å². The van der Waals surface area contributed by atoms with Crippen LogP contribution in [-0.2, 0) is 4.79 Å². The minimum Gasteiger partial charge on any atom is -0.335 e. The second-order valence-electron chi connectivity index (χ2n) is 6.32. The van der Waals surface area contributed by atoms with E-state index in [9.17, 15) is 18.0 Å². The summed E-state index contributed by atoms with van der Waals surface area (Å²) < 4.78 is 40.5. The number of hydrogen-bond donors (Lipinski definition) is 3. The molecule has 0 saturated heterocycles. The largest absolute Gasteiger partial charge is 0.335 e. The first-order chi connectivity index (χ1) is 14.9. The number of nitrogens with two attached hydrogens (primary N) is 1. The second kappa shape index (κ2) is 8.52. The molecule has 158 valence electrons. The number of aromatic amines is 1. The summed E-state index contributed by atoms with van der Waals surface area (Å²) in [6, 6.07) is 10.6. The molecule has 0 radical (unpaired) electrons. The maximum absolute atomic E-state index is 13.2. The third kappa shape index (κ3) is 4.53. The molecule has 0 saturated carbocycles. The van der Waals surface area contributed by atoms with Crippen LogP contribution in [0.3, 0.4) is 0 Å². The summed E-state index contributed by atoms with van der Waals surface area (Å²) in [6.07, 6.45) is 0. The summed E-state index contributed by atoms with van der Waals surface area (Å²) in [7, 11) is 0. The minimum atomic E-state index is -1.06. The van der Waals surface area contributed by atoms with Crippen LogP contribution in [0.2, 0.25) is 0 Å². The van der Waals surface area contributed by atoms with E-state index < -0.39 is 17.5 Å². The summed E-state index contributed by atoms with van der Waals surface area (Å²) in [5, 5.41) is 17.6. The highest BCUT2D eigenvalue weighted by Crippen LogP contribution is 2.25. The quantitative estimate of drug-likeness (QED) is 0.310. The molecule has 0 fully saturated rings. The fourth-order valence-electron chi connectivity index (χ4n) is 2.66. The molecular formula is C19H14F3N7OS. The zero-order valence-electron chi connectivity index (χ0n) is 15.6. The van der Waals surface area contributed by atoms with Gasteiger partial charge in [0.2, 0.25) is 16.9 Å². The molecule has 2 aromatic heterocycles. The van der Waals surface area contributed by atoms with Gasteiger partial charge in [-0.2, -0.15) is 5.10 Å². The summed E-state index contributed by atoms with van der Waals surface area (Å²) in [5.41, 5.74) is 1.88. The fourth-order valence-corrected chi connectivity index (χ4v) is 3.32. The summed E-state index contributed by atoms with van der Waals surface area (Å²) >= 11 is 1.01. The summed E-state index contributed by atoms with van der Waals surface area (Å²) in [4.78, 5) is 12.1. The zero-order chi connectivity index (χ0) is 22.0. The molecule has 8 nitrogen and oxygen atoms in total. The standard InChI is InChI=1S/C19H14F3N7OS/c20-11-3-1-10(2-4-11)15-8-16(26-25-15)18-27-28-19(29(18)23)31-9-17(30)24-12-5-6-13(21)14(22)7-12/h1-8H,9,23H2,(H,24,30)(H,25,26). The number of H-pyrrole nitrogens is 1. The lowest BCUT2D eigenvalue weighted by atomic mass is 10.1. The molecular weight excluding hydrogens is 431 g/mol. The van der Waals surface area contributed by atoms with Crippen molar-refractivity contribution in [3.8, 4) is 22.8 Å². The number of anilines is 1. The number of amides is 1. The Morgan fingerprint density at radius 1 is 1.06 bits per heavy atom. The zero-order valence-corrected chi connectivity index (χ0v) is 16.5. The maximum Gasteiger partial charge on any atom is 0.234 e. The Balaban J connectivity index is 1.42. The lowest BCUT2D eigenvalue weighted by Gasteiger charge is -2.05. The molecule has 0 spiro atoms. The number of rotatable bonds is 6. The molecule has 12 heteroatoms. The van der Waals surface area contributed by atoms with Gasteiger partial charge >= 0.3 is 0 Å². The molecule has 31 heavy (non-hydrogen) atoms. The Hall–Kier alpha value is -3.80. The molecule has 0 aliphatic heterocycles. The smallest absolute Gasteiger partial charge is 0.234 e. The van der Waals surface area contributed by atoms with Crippen molar-refractivity contribution in [2.24, 2.45) is 0 Å². The number of carbonyl (C=O) groups is 1. The van der Waals surface area contributed by atoms with Gasteiger partial charge in [-0.25, -0.2) is 17.8 Å². The van der Waals surface area contributed by atoms with Gasteiger partial charge in [0.25, 0.3) is 0 Å². The second-order valence-corrected chi connectivity index (χ2v) is 7.26. The Bertz CT molecular complexity index is 1240. The number of nitrogen functional groups attached to an aromatic ring is 1. The predicted octanol–water partition coefficient (Wildman–Crippen LogP) is 3.20.